The monoisotopic (exact) mass is 366 g/mol. The van der Waals surface area contributed by atoms with E-state index in [-0.39, 0.29) is 18.3 Å². The third-order valence-corrected chi connectivity index (χ3v) is 3.79. The Morgan fingerprint density at radius 1 is 1.15 bits per heavy atom. The van der Waals surface area contributed by atoms with Crippen molar-refractivity contribution in [2.45, 2.75) is 6.54 Å². The molecule has 0 aliphatic carbocycles. The van der Waals surface area contributed by atoms with Crippen LogP contribution in [0, 0.1) is 5.82 Å². The van der Waals surface area contributed by atoms with Crippen LogP contribution in [-0.2, 0) is 18.4 Å². The Labute approximate surface area is 153 Å². The second-order valence-corrected chi connectivity index (χ2v) is 5.79. The number of carbonyl (C=O) groups is 1. The van der Waals surface area contributed by atoms with Crippen molar-refractivity contribution in [3.8, 4) is 16.9 Å². The zero-order valence-electron chi connectivity index (χ0n) is 14.3. The Morgan fingerprint density at radius 3 is 2.78 bits per heavy atom. The van der Waals surface area contributed by atoms with Crippen molar-refractivity contribution in [3.63, 3.8) is 0 Å². The molecule has 0 bridgehead atoms. The van der Waals surface area contributed by atoms with Gasteiger partial charge >= 0.3 is 0 Å². The van der Waals surface area contributed by atoms with E-state index in [4.69, 9.17) is 0 Å². The molecule has 0 saturated heterocycles. The van der Waals surface area contributed by atoms with Crippen molar-refractivity contribution in [2.75, 3.05) is 5.32 Å². The van der Waals surface area contributed by atoms with E-state index >= 15 is 0 Å². The van der Waals surface area contributed by atoms with Gasteiger partial charge in [-0.05, 0) is 18.2 Å². The van der Waals surface area contributed by atoms with Gasteiger partial charge in [0, 0.05) is 25.0 Å². The summed E-state index contributed by atoms with van der Waals surface area (Å²) in [5.41, 5.74) is 1.70. The van der Waals surface area contributed by atoms with Crippen LogP contribution in [0.15, 0.2) is 55.1 Å². The number of benzene rings is 1. The quantitative estimate of drug-likeness (QED) is 0.579. The maximum atomic E-state index is 13.9. The van der Waals surface area contributed by atoms with Gasteiger partial charge in [-0.1, -0.05) is 12.1 Å². The van der Waals surface area contributed by atoms with E-state index in [0.717, 1.165) is 0 Å². The zero-order valence-corrected chi connectivity index (χ0v) is 14.3. The van der Waals surface area contributed by atoms with Gasteiger partial charge in [-0.3, -0.25) is 9.48 Å². The van der Waals surface area contributed by atoms with Crippen molar-refractivity contribution < 1.29 is 9.18 Å². The lowest BCUT2D eigenvalue weighted by Crippen LogP contribution is -2.19. The van der Waals surface area contributed by atoms with Crippen molar-refractivity contribution in [1.29, 1.82) is 0 Å². The van der Waals surface area contributed by atoms with E-state index in [1.54, 1.807) is 49.9 Å². The fraction of sp³-hybridized carbons (Fsp3) is 0.118. The first-order chi connectivity index (χ1) is 13.1. The minimum atomic E-state index is -0.363. The molecule has 4 aromatic rings. The van der Waals surface area contributed by atoms with E-state index in [0.29, 0.717) is 22.8 Å². The van der Waals surface area contributed by atoms with Crippen molar-refractivity contribution in [2.24, 2.45) is 7.05 Å². The lowest BCUT2D eigenvalue weighted by atomic mass is 10.2. The molecule has 136 valence electrons. The summed E-state index contributed by atoms with van der Waals surface area (Å²) in [6.45, 7) is 0.0258. The number of rotatable bonds is 5. The minimum absolute atomic E-state index is 0.0258. The second-order valence-electron chi connectivity index (χ2n) is 5.79. The van der Waals surface area contributed by atoms with Crippen LogP contribution >= 0.6 is 0 Å². The molecule has 0 saturated carbocycles. The molecule has 27 heavy (non-hydrogen) atoms. The van der Waals surface area contributed by atoms with Crippen molar-refractivity contribution in [3.05, 3.63) is 60.9 Å². The predicted octanol–water partition coefficient (Wildman–Crippen LogP) is 1.64. The number of amides is 1. The number of halogens is 1. The molecular weight excluding hydrogens is 351 g/mol. The Bertz CT molecular complexity index is 1100. The summed E-state index contributed by atoms with van der Waals surface area (Å²) in [4.78, 5) is 13.4. The summed E-state index contributed by atoms with van der Waals surface area (Å²) >= 11 is 0. The summed E-state index contributed by atoms with van der Waals surface area (Å²) in [5.74, 6) is -0.258. The van der Waals surface area contributed by atoms with Crippen LogP contribution in [0.3, 0.4) is 0 Å². The third-order valence-electron chi connectivity index (χ3n) is 3.79. The molecule has 0 unspecified atom stereocenters. The molecule has 0 aliphatic rings. The highest BCUT2D eigenvalue weighted by atomic mass is 19.1. The SMILES string of the molecule is Cn1ncc(NC(=O)Cn2ccc(-c3cnn(-c4ccccc4F)c3)n2)n1. The normalized spacial score (nSPS) is 10.9. The molecule has 0 atom stereocenters. The number of para-hydroxylation sites is 1. The summed E-state index contributed by atoms with van der Waals surface area (Å²) < 4.78 is 16.8. The number of hydrogen-bond acceptors (Lipinski definition) is 5. The maximum Gasteiger partial charge on any atom is 0.247 e. The summed E-state index contributed by atoms with van der Waals surface area (Å²) in [7, 11) is 1.66. The van der Waals surface area contributed by atoms with Crippen LogP contribution in [0.2, 0.25) is 0 Å². The van der Waals surface area contributed by atoms with Gasteiger partial charge in [-0.25, -0.2) is 9.07 Å². The van der Waals surface area contributed by atoms with Crippen molar-refractivity contribution >= 4 is 11.7 Å². The number of nitrogens with one attached hydrogen (secondary N) is 1. The lowest BCUT2D eigenvalue weighted by molar-refractivity contribution is -0.116. The average molecular weight is 366 g/mol. The Morgan fingerprint density at radius 2 is 2.00 bits per heavy atom. The first-order valence-electron chi connectivity index (χ1n) is 8.08. The van der Waals surface area contributed by atoms with Crippen LogP contribution in [0.1, 0.15) is 0 Å². The second kappa shape index (κ2) is 6.83. The third kappa shape index (κ3) is 3.59. The smallest absolute Gasteiger partial charge is 0.247 e. The topological polar surface area (TPSA) is 95.5 Å². The molecule has 0 radical (unpaired) electrons. The molecule has 0 spiro atoms. The van der Waals surface area contributed by atoms with Gasteiger partial charge in [0.15, 0.2) is 5.82 Å². The summed E-state index contributed by atoms with van der Waals surface area (Å²) in [6.07, 6.45) is 6.43. The highest BCUT2D eigenvalue weighted by Gasteiger charge is 2.11. The van der Waals surface area contributed by atoms with E-state index < -0.39 is 0 Å². The van der Waals surface area contributed by atoms with Gasteiger partial charge < -0.3 is 5.32 Å². The van der Waals surface area contributed by atoms with Crippen LogP contribution in [0.5, 0.6) is 0 Å². The van der Waals surface area contributed by atoms with Crippen LogP contribution in [-0.4, -0.2) is 40.5 Å². The molecule has 1 N–H and O–H groups in total. The Balaban J connectivity index is 1.46. The van der Waals surface area contributed by atoms with Gasteiger partial charge in [-0.15, -0.1) is 5.10 Å². The molecule has 10 heteroatoms. The molecule has 0 aliphatic heterocycles. The largest absolute Gasteiger partial charge is 0.306 e. The number of hydrogen-bond donors (Lipinski definition) is 1. The van der Waals surface area contributed by atoms with Gasteiger partial charge in [0.05, 0.1) is 18.1 Å². The van der Waals surface area contributed by atoms with E-state index in [2.05, 4.69) is 25.7 Å². The Hall–Kier alpha value is -3.82. The van der Waals surface area contributed by atoms with E-state index in [1.807, 2.05) is 0 Å². The lowest BCUT2D eigenvalue weighted by Gasteiger charge is -2.02. The van der Waals surface area contributed by atoms with E-state index in [9.17, 15) is 9.18 Å². The molecule has 3 heterocycles. The van der Waals surface area contributed by atoms with Gasteiger partial charge in [0.2, 0.25) is 5.91 Å². The number of aryl methyl sites for hydroxylation is 1. The molecular formula is C17H15FN8O. The fourth-order valence-electron chi connectivity index (χ4n) is 2.56. The van der Waals surface area contributed by atoms with Gasteiger partial charge in [0.1, 0.15) is 18.0 Å². The fourth-order valence-corrected chi connectivity index (χ4v) is 2.56. The standard InChI is InChI=1S/C17H15FN8O/c1-24-19-9-16(23-24)21-17(27)11-25-7-6-14(22-25)12-8-20-26(10-12)15-5-3-2-4-13(15)18/h2-10H,11H2,1H3,(H,21,23,27). The number of nitrogens with zero attached hydrogens (tertiary/aromatic N) is 7. The van der Waals surface area contributed by atoms with Gasteiger partial charge in [0.25, 0.3) is 0 Å². The van der Waals surface area contributed by atoms with E-state index in [1.165, 1.54) is 26.4 Å². The molecule has 3 aromatic heterocycles. The van der Waals surface area contributed by atoms with Crippen LogP contribution in [0.25, 0.3) is 16.9 Å². The number of aromatic nitrogens is 7. The number of anilines is 1. The summed E-state index contributed by atoms with van der Waals surface area (Å²) in [6, 6.07) is 8.14. The molecule has 0 fully saturated rings. The molecule has 9 nitrogen and oxygen atoms in total. The summed E-state index contributed by atoms with van der Waals surface area (Å²) in [5, 5.41) is 19.1. The average Bonchev–Trinajstić information content (AvgIpc) is 3.36. The minimum Gasteiger partial charge on any atom is -0.306 e. The first kappa shape index (κ1) is 16.6. The van der Waals surface area contributed by atoms with Crippen LogP contribution < -0.4 is 5.32 Å². The first-order valence-corrected chi connectivity index (χ1v) is 8.08. The maximum absolute atomic E-state index is 13.9. The number of carbonyl (C=O) groups excluding carboxylic acids is 1. The highest BCUT2D eigenvalue weighted by Crippen LogP contribution is 2.19. The highest BCUT2D eigenvalue weighted by molar-refractivity contribution is 5.89. The zero-order chi connectivity index (χ0) is 18.8. The van der Waals surface area contributed by atoms with Crippen molar-refractivity contribution in [1.82, 2.24) is 34.6 Å². The van der Waals surface area contributed by atoms with Gasteiger partial charge in [-0.2, -0.15) is 20.1 Å². The van der Waals surface area contributed by atoms with Crippen LogP contribution in [0.4, 0.5) is 10.2 Å². The Kier molecular flexibility index (Phi) is 4.21. The molecule has 4 rings (SSSR count). The molecule has 1 aromatic carbocycles. The predicted molar refractivity (Wildman–Crippen MR) is 94.4 cm³/mol. The molecule has 1 amide bonds.